The summed E-state index contributed by atoms with van der Waals surface area (Å²) in [5.74, 6) is 0.274. The molecule has 0 N–H and O–H groups in total. The molecule has 21 heavy (non-hydrogen) atoms. The number of rotatable bonds is 4. The van der Waals surface area contributed by atoms with Gasteiger partial charge >= 0.3 is 0 Å². The van der Waals surface area contributed by atoms with Crippen LogP contribution in [0.4, 0.5) is 0 Å². The van der Waals surface area contributed by atoms with E-state index in [9.17, 15) is 13.2 Å². The Labute approximate surface area is 130 Å². The first kappa shape index (κ1) is 16.3. The van der Waals surface area contributed by atoms with E-state index in [1.54, 1.807) is 17.0 Å². The van der Waals surface area contributed by atoms with E-state index in [1.165, 1.54) is 6.07 Å². The maximum atomic E-state index is 12.6. The van der Waals surface area contributed by atoms with Gasteiger partial charge in [0.25, 0.3) is 15.0 Å². The molecule has 1 aliphatic heterocycles. The van der Waals surface area contributed by atoms with Crippen molar-refractivity contribution in [3.63, 3.8) is 0 Å². The minimum atomic E-state index is -3.92. The molecule has 1 aromatic carbocycles. The summed E-state index contributed by atoms with van der Waals surface area (Å²) in [6.45, 7) is 5.33. The number of carbonyl (C=O) groups excluding carboxylic acids is 1. The van der Waals surface area contributed by atoms with Gasteiger partial charge in [0.05, 0.1) is 10.5 Å². The minimum absolute atomic E-state index is 0.0984. The highest BCUT2D eigenvalue weighted by atomic mass is 35.7. The van der Waals surface area contributed by atoms with Gasteiger partial charge < -0.3 is 4.90 Å². The molecule has 2 rings (SSSR count). The second-order valence-electron chi connectivity index (χ2n) is 5.63. The highest BCUT2D eigenvalue weighted by Gasteiger charge is 2.29. The molecule has 1 heterocycles. The van der Waals surface area contributed by atoms with Crippen molar-refractivity contribution in [2.45, 2.75) is 38.0 Å². The Morgan fingerprint density at radius 1 is 1.43 bits per heavy atom. The lowest BCUT2D eigenvalue weighted by Gasteiger charge is -2.18. The monoisotopic (exact) mass is 329 g/mol. The molecule has 1 saturated heterocycles. The van der Waals surface area contributed by atoms with Gasteiger partial charge in [-0.3, -0.25) is 4.79 Å². The van der Waals surface area contributed by atoms with Gasteiger partial charge in [-0.25, -0.2) is 8.42 Å². The molecule has 0 bridgehead atoms. The van der Waals surface area contributed by atoms with Crippen LogP contribution in [0.25, 0.3) is 0 Å². The van der Waals surface area contributed by atoms with Crippen LogP contribution in [0.15, 0.2) is 23.1 Å². The third-order valence-corrected chi connectivity index (χ3v) is 5.28. The number of halogens is 1. The third-order valence-electron chi connectivity index (χ3n) is 3.90. The lowest BCUT2D eigenvalue weighted by Crippen LogP contribution is -2.29. The predicted molar refractivity (Wildman–Crippen MR) is 83.1 cm³/mol. The minimum Gasteiger partial charge on any atom is -0.338 e. The van der Waals surface area contributed by atoms with Crippen molar-refractivity contribution < 1.29 is 13.2 Å². The number of amides is 1. The Kier molecular flexibility index (Phi) is 4.94. The van der Waals surface area contributed by atoms with E-state index in [-0.39, 0.29) is 16.4 Å². The van der Waals surface area contributed by atoms with E-state index in [1.807, 2.05) is 6.92 Å². The number of aryl methyl sites for hydroxylation is 1. The van der Waals surface area contributed by atoms with Crippen molar-refractivity contribution in [3.05, 3.63) is 29.3 Å². The van der Waals surface area contributed by atoms with Crippen LogP contribution in [-0.2, 0) is 9.05 Å². The molecule has 1 unspecified atom stereocenters. The van der Waals surface area contributed by atoms with Crippen LogP contribution >= 0.6 is 10.7 Å². The second-order valence-corrected chi connectivity index (χ2v) is 8.17. The number of likely N-dealkylation sites (tertiary alicyclic amines) is 1. The summed E-state index contributed by atoms with van der Waals surface area (Å²) in [4.78, 5) is 14.3. The van der Waals surface area contributed by atoms with Crippen LogP contribution in [0, 0.1) is 12.8 Å². The van der Waals surface area contributed by atoms with Gasteiger partial charge in [-0.05, 0) is 37.8 Å². The van der Waals surface area contributed by atoms with Crippen molar-refractivity contribution in [1.29, 1.82) is 0 Å². The molecule has 1 amide bonds. The Bertz CT molecular complexity index is 642. The fourth-order valence-electron chi connectivity index (χ4n) is 2.85. The van der Waals surface area contributed by atoms with E-state index in [4.69, 9.17) is 10.7 Å². The summed E-state index contributed by atoms with van der Waals surface area (Å²) in [7, 11) is 1.52. The molecule has 6 heteroatoms. The number of hydrogen-bond donors (Lipinski definition) is 0. The summed E-state index contributed by atoms with van der Waals surface area (Å²) in [5.41, 5.74) is 1.02. The first-order valence-electron chi connectivity index (χ1n) is 7.17. The number of hydrogen-bond acceptors (Lipinski definition) is 3. The zero-order chi connectivity index (χ0) is 15.6. The average molecular weight is 330 g/mol. The summed E-state index contributed by atoms with van der Waals surface area (Å²) in [6, 6.07) is 4.66. The molecule has 1 aliphatic rings. The normalized spacial score (nSPS) is 19.0. The highest BCUT2D eigenvalue weighted by molar-refractivity contribution is 8.13. The van der Waals surface area contributed by atoms with E-state index >= 15 is 0 Å². The lowest BCUT2D eigenvalue weighted by atomic mass is 10.0. The van der Waals surface area contributed by atoms with Crippen molar-refractivity contribution in [3.8, 4) is 0 Å². The van der Waals surface area contributed by atoms with Crippen LogP contribution in [0.3, 0.4) is 0 Å². The first-order valence-corrected chi connectivity index (χ1v) is 9.48. The molecule has 0 aliphatic carbocycles. The van der Waals surface area contributed by atoms with Crippen LogP contribution in [0.5, 0.6) is 0 Å². The van der Waals surface area contributed by atoms with Gasteiger partial charge in [-0.1, -0.05) is 25.0 Å². The van der Waals surface area contributed by atoms with Crippen molar-refractivity contribution in [2.75, 3.05) is 13.1 Å². The Hall–Kier alpha value is -1.07. The summed E-state index contributed by atoms with van der Waals surface area (Å²) < 4.78 is 23.3. The average Bonchev–Trinajstić information content (AvgIpc) is 2.85. The van der Waals surface area contributed by atoms with Gasteiger partial charge in [0.15, 0.2) is 0 Å². The third kappa shape index (κ3) is 3.77. The fraction of sp³-hybridized carbons (Fsp3) is 0.533. The van der Waals surface area contributed by atoms with Gasteiger partial charge in [0.2, 0.25) is 0 Å². The molecule has 0 saturated carbocycles. The summed E-state index contributed by atoms with van der Waals surface area (Å²) in [6.07, 6.45) is 3.17. The Morgan fingerprint density at radius 2 is 2.14 bits per heavy atom. The maximum absolute atomic E-state index is 12.6. The molecular weight excluding hydrogens is 310 g/mol. The van der Waals surface area contributed by atoms with E-state index in [2.05, 4.69) is 6.92 Å². The molecule has 0 radical (unpaired) electrons. The molecule has 4 nitrogen and oxygen atoms in total. The van der Waals surface area contributed by atoms with Crippen LogP contribution in [-0.4, -0.2) is 32.3 Å². The van der Waals surface area contributed by atoms with Crippen molar-refractivity contribution in [1.82, 2.24) is 4.90 Å². The van der Waals surface area contributed by atoms with Gasteiger partial charge in [0, 0.05) is 23.8 Å². The molecule has 0 spiro atoms. The van der Waals surface area contributed by atoms with Gasteiger partial charge in [-0.15, -0.1) is 0 Å². The molecular formula is C15H20ClNO3S. The zero-order valence-corrected chi connectivity index (χ0v) is 13.9. The van der Waals surface area contributed by atoms with E-state index in [0.717, 1.165) is 24.8 Å². The topological polar surface area (TPSA) is 54.5 Å². The SMILES string of the molecule is CCCC1CCN(C(=O)c2cc(C)ccc2S(=O)(=O)Cl)C1. The quantitative estimate of drug-likeness (QED) is 0.797. The van der Waals surface area contributed by atoms with E-state index < -0.39 is 9.05 Å². The van der Waals surface area contributed by atoms with Gasteiger partial charge in [-0.2, -0.15) is 0 Å². The highest BCUT2D eigenvalue weighted by Crippen LogP contribution is 2.27. The number of nitrogens with zero attached hydrogens (tertiary/aromatic N) is 1. The van der Waals surface area contributed by atoms with Gasteiger partial charge in [0.1, 0.15) is 0 Å². The molecule has 0 aromatic heterocycles. The van der Waals surface area contributed by atoms with E-state index in [0.29, 0.717) is 19.0 Å². The smallest absolute Gasteiger partial charge is 0.262 e. The number of carbonyl (C=O) groups is 1. The largest absolute Gasteiger partial charge is 0.338 e. The second kappa shape index (κ2) is 6.36. The summed E-state index contributed by atoms with van der Waals surface area (Å²) >= 11 is 0. The Balaban J connectivity index is 2.30. The maximum Gasteiger partial charge on any atom is 0.262 e. The first-order chi connectivity index (χ1) is 9.82. The molecule has 1 aromatic rings. The van der Waals surface area contributed by atoms with Crippen LogP contribution in [0.2, 0.25) is 0 Å². The standard InChI is InChI=1S/C15H20ClNO3S/c1-3-4-12-7-8-17(10-12)15(18)13-9-11(2)5-6-14(13)21(16,19)20/h5-6,9,12H,3-4,7-8,10H2,1-2H3. The molecule has 1 fully saturated rings. The predicted octanol–water partition coefficient (Wildman–Crippen LogP) is 3.18. The lowest BCUT2D eigenvalue weighted by molar-refractivity contribution is 0.0782. The molecule has 1 atom stereocenters. The number of benzene rings is 1. The fourth-order valence-corrected chi connectivity index (χ4v) is 3.90. The molecule has 116 valence electrons. The van der Waals surface area contributed by atoms with Crippen LogP contribution < -0.4 is 0 Å². The van der Waals surface area contributed by atoms with Crippen LogP contribution in [0.1, 0.15) is 42.1 Å². The van der Waals surface area contributed by atoms with Crippen molar-refractivity contribution in [2.24, 2.45) is 5.92 Å². The Morgan fingerprint density at radius 3 is 2.76 bits per heavy atom. The zero-order valence-electron chi connectivity index (χ0n) is 12.3. The summed E-state index contributed by atoms with van der Waals surface area (Å²) in [5, 5.41) is 0. The van der Waals surface area contributed by atoms with Crippen molar-refractivity contribution >= 4 is 25.6 Å².